The van der Waals surface area contributed by atoms with E-state index in [-0.39, 0.29) is 12.5 Å². The minimum Gasteiger partial charge on any atom is -0.383 e. The van der Waals surface area contributed by atoms with Gasteiger partial charge in [0.1, 0.15) is 0 Å². The first-order valence-electron chi connectivity index (χ1n) is 6.26. The van der Waals surface area contributed by atoms with Gasteiger partial charge in [0.2, 0.25) is 0 Å². The minimum atomic E-state index is -0.266. The number of nitrogens with one attached hydrogen (secondary N) is 1. The Hall–Kier alpha value is -1.77. The fourth-order valence-electron chi connectivity index (χ4n) is 1.57. The normalized spacial score (nSPS) is 9.90. The molecule has 1 N–H and O–H groups in total. The molecule has 0 atom stereocenters. The molecule has 6 heteroatoms. The summed E-state index contributed by atoms with van der Waals surface area (Å²) in [7, 11) is 1.57. The van der Waals surface area contributed by atoms with Gasteiger partial charge in [-0.2, -0.15) is 5.26 Å². The molecule has 0 aliphatic heterocycles. The first-order chi connectivity index (χ1) is 9.58. The summed E-state index contributed by atoms with van der Waals surface area (Å²) in [5.74, 6) is 0. The van der Waals surface area contributed by atoms with E-state index in [4.69, 9.17) is 21.6 Å². The molecule has 0 saturated carbocycles. The summed E-state index contributed by atoms with van der Waals surface area (Å²) in [6, 6.07) is 7.09. The van der Waals surface area contributed by atoms with E-state index < -0.39 is 0 Å². The van der Waals surface area contributed by atoms with Crippen LogP contribution in [-0.4, -0.2) is 37.7 Å². The van der Waals surface area contributed by atoms with Crippen LogP contribution in [0.5, 0.6) is 0 Å². The van der Waals surface area contributed by atoms with Crippen LogP contribution >= 0.6 is 11.6 Å². The van der Waals surface area contributed by atoms with Crippen molar-refractivity contribution in [1.82, 2.24) is 4.90 Å². The number of amides is 2. The monoisotopic (exact) mass is 295 g/mol. The van der Waals surface area contributed by atoms with Crippen molar-refractivity contribution in [1.29, 1.82) is 5.26 Å². The van der Waals surface area contributed by atoms with Crippen LogP contribution in [0.3, 0.4) is 0 Å². The quantitative estimate of drug-likeness (QED) is 0.877. The number of anilines is 1. The zero-order valence-electron chi connectivity index (χ0n) is 11.6. The van der Waals surface area contributed by atoms with Crippen LogP contribution in [0.15, 0.2) is 18.2 Å². The van der Waals surface area contributed by atoms with Gasteiger partial charge in [-0.1, -0.05) is 17.7 Å². The Morgan fingerprint density at radius 2 is 2.25 bits per heavy atom. The SMILES string of the molecule is COCCN(CCC#N)C(=O)Nc1ccc(C)c(Cl)c1. The van der Waals surface area contributed by atoms with Gasteiger partial charge in [0.05, 0.1) is 19.1 Å². The lowest BCUT2D eigenvalue weighted by Gasteiger charge is -2.21. The molecule has 1 aromatic carbocycles. The third kappa shape index (κ3) is 5.08. The molecular formula is C14H18ClN3O2. The topological polar surface area (TPSA) is 65.4 Å². The smallest absolute Gasteiger partial charge is 0.321 e. The predicted molar refractivity (Wildman–Crippen MR) is 78.9 cm³/mol. The molecule has 2 amide bonds. The van der Waals surface area contributed by atoms with Crippen LogP contribution < -0.4 is 5.32 Å². The number of hydrogen-bond acceptors (Lipinski definition) is 3. The molecule has 0 radical (unpaired) electrons. The number of aryl methyl sites for hydroxylation is 1. The molecule has 0 heterocycles. The Morgan fingerprint density at radius 3 is 2.85 bits per heavy atom. The van der Waals surface area contributed by atoms with E-state index in [1.54, 1.807) is 24.1 Å². The summed E-state index contributed by atoms with van der Waals surface area (Å²) in [6.07, 6.45) is 0.284. The van der Waals surface area contributed by atoms with Crippen LogP contribution in [-0.2, 0) is 4.74 Å². The number of ether oxygens (including phenoxy) is 1. The summed E-state index contributed by atoms with van der Waals surface area (Å²) in [6.45, 7) is 3.12. The second-order valence-electron chi connectivity index (χ2n) is 4.28. The molecule has 20 heavy (non-hydrogen) atoms. The van der Waals surface area contributed by atoms with Crippen molar-refractivity contribution in [2.45, 2.75) is 13.3 Å². The average molecular weight is 296 g/mol. The number of benzene rings is 1. The molecule has 0 spiro atoms. The van der Waals surface area contributed by atoms with Gasteiger partial charge in [-0.05, 0) is 24.6 Å². The molecule has 108 valence electrons. The van der Waals surface area contributed by atoms with Crippen LogP contribution in [0.2, 0.25) is 5.02 Å². The highest BCUT2D eigenvalue weighted by Gasteiger charge is 2.13. The minimum absolute atomic E-state index is 0.266. The second kappa shape index (κ2) is 8.41. The lowest BCUT2D eigenvalue weighted by atomic mass is 10.2. The third-order valence-corrected chi connectivity index (χ3v) is 3.18. The molecule has 5 nitrogen and oxygen atoms in total. The first kappa shape index (κ1) is 16.3. The van der Waals surface area contributed by atoms with Gasteiger partial charge in [0.25, 0.3) is 0 Å². The fourth-order valence-corrected chi connectivity index (χ4v) is 1.76. The zero-order valence-corrected chi connectivity index (χ0v) is 12.4. The van der Waals surface area contributed by atoms with Crippen LogP contribution in [0, 0.1) is 18.3 Å². The summed E-state index contributed by atoms with van der Waals surface area (Å²) >= 11 is 6.02. The highest BCUT2D eigenvalue weighted by atomic mass is 35.5. The molecular weight excluding hydrogens is 278 g/mol. The summed E-state index contributed by atoms with van der Waals surface area (Å²) < 4.78 is 4.96. The van der Waals surface area contributed by atoms with E-state index in [2.05, 4.69) is 5.32 Å². The third-order valence-electron chi connectivity index (χ3n) is 2.77. The summed E-state index contributed by atoms with van der Waals surface area (Å²) in [5, 5.41) is 12.0. The van der Waals surface area contributed by atoms with E-state index in [0.717, 1.165) is 5.56 Å². The largest absolute Gasteiger partial charge is 0.383 e. The van der Waals surface area contributed by atoms with Gasteiger partial charge >= 0.3 is 6.03 Å². The van der Waals surface area contributed by atoms with E-state index in [9.17, 15) is 4.79 Å². The van der Waals surface area contributed by atoms with Gasteiger partial charge in [-0.3, -0.25) is 0 Å². The molecule has 0 aromatic heterocycles. The Morgan fingerprint density at radius 1 is 1.50 bits per heavy atom. The van der Waals surface area contributed by atoms with E-state index in [1.807, 2.05) is 19.1 Å². The van der Waals surface area contributed by atoms with Gasteiger partial charge in [0.15, 0.2) is 0 Å². The van der Waals surface area contributed by atoms with Crippen molar-refractivity contribution in [3.63, 3.8) is 0 Å². The Balaban J connectivity index is 2.68. The molecule has 0 fully saturated rings. The maximum Gasteiger partial charge on any atom is 0.321 e. The standard InChI is InChI=1S/C14H18ClN3O2/c1-11-4-5-12(10-13(11)15)17-14(19)18(7-3-6-16)8-9-20-2/h4-5,10H,3,7-9H2,1-2H3,(H,17,19). The fraction of sp³-hybridized carbons (Fsp3) is 0.429. The molecule has 0 saturated heterocycles. The van der Waals surface area contributed by atoms with Crippen molar-refractivity contribution >= 4 is 23.3 Å². The van der Waals surface area contributed by atoms with E-state index in [1.165, 1.54) is 0 Å². The molecule has 0 bridgehead atoms. The van der Waals surface area contributed by atoms with Crippen LogP contribution in [0.25, 0.3) is 0 Å². The van der Waals surface area contributed by atoms with Gasteiger partial charge < -0.3 is 15.0 Å². The summed E-state index contributed by atoms with van der Waals surface area (Å²) in [5.41, 5.74) is 1.58. The van der Waals surface area contributed by atoms with Gasteiger partial charge in [-0.25, -0.2) is 4.79 Å². The van der Waals surface area contributed by atoms with Crippen molar-refractivity contribution in [3.8, 4) is 6.07 Å². The van der Waals surface area contributed by atoms with Gasteiger partial charge in [0, 0.05) is 30.9 Å². The number of carbonyl (C=O) groups is 1. The molecule has 1 aromatic rings. The molecule has 0 aliphatic carbocycles. The van der Waals surface area contributed by atoms with Gasteiger partial charge in [-0.15, -0.1) is 0 Å². The highest BCUT2D eigenvalue weighted by molar-refractivity contribution is 6.31. The lowest BCUT2D eigenvalue weighted by molar-refractivity contribution is 0.156. The Labute approximate surface area is 124 Å². The number of nitrogens with zero attached hydrogens (tertiary/aromatic N) is 2. The molecule has 1 rings (SSSR count). The summed E-state index contributed by atoms with van der Waals surface area (Å²) in [4.78, 5) is 13.7. The van der Waals surface area contributed by atoms with Crippen molar-refractivity contribution in [2.24, 2.45) is 0 Å². The number of methoxy groups -OCH3 is 1. The highest BCUT2D eigenvalue weighted by Crippen LogP contribution is 2.20. The lowest BCUT2D eigenvalue weighted by Crippen LogP contribution is -2.38. The van der Waals surface area contributed by atoms with Crippen molar-refractivity contribution in [2.75, 3.05) is 32.1 Å². The van der Waals surface area contributed by atoms with Crippen LogP contribution in [0.1, 0.15) is 12.0 Å². The average Bonchev–Trinajstić information content (AvgIpc) is 2.43. The zero-order chi connectivity index (χ0) is 15.0. The van der Waals surface area contributed by atoms with Crippen molar-refractivity contribution < 1.29 is 9.53 Å². The number of carbonyl (C=O) groups excluding carboxylic acids is 1. The maximum atomic E-state index is 12.1. The number of urea groups is 1. The Kier molecular flexibility index (Phi) is 6.85. The number of rotatable bonds is 6. The predicted octanol–water partition coefficient (Wildman–Crippen LogP) is 3.04. The maximum absolute atomic E-state index is 12.1. The molecule has 0 unspecified atom stereocenters. The Bertz CT molecular complexity index is 500. The number of nitriles is 1. The van der Waals surface area contributed by atoms with Crippen LogP contribution in [0.4, 0.5) is 10.5 Å². The van der Waals surface area contributed by atoms with E-state index in [0.29, 0.717) is 30.4 Å². The first-order valence-corrected chi connectivity index (χ1v) is 6.64. The molecule has 0 aliphatic rings. The second-order valence-corrected chi connectivity index (χ2v) is 4.69. The van der Waals surface area contributed by atoms with Crippen molar-refractivity contribution in [3.05, 3.63) is 28.8 Å². The number of hydrogen-bond donors (Lipinski definition) is 1. The van der Waals surface area contributed by atoms with E-state index >= 15 is 0 Å². The number of halogens is 1.